The topological polar surface area (TPSA) is 20.3 Å². The molecule has 0 aromatic heterocycles. The molecule has 0 radical (unpaired) electrons. The first-order valence-corrected chi connectivity index (χ1v) is 6.60. The fourth-order valence-corrected chi connectivity index (χ4v) is 1.91. The Morgan fingerprint density at radius 1 is 1.35 bits per heavy atom. The minimum atomic E-state index is 0.187. The molecular weight excluding hydrogens is 234 g/mol. The normalized spacial score (nSPS) is 10.3. The van der Waals surface area contributed by atoms with Crippen molar-refractivity contribution in [2.24, 2.45) is 0 Å². The van der Waals surface area contributed by atoms with Gasteiger partial charge in [-0.1, -0.05) is 24.3 Å². The van der Waals surface area contributed by atoms with Crippen LogP contribution in [0.2, 0.25) is 0 Å². The van der Waals surface area contributed by atoms with Crippen molar-refractivity contribution in [3.05, 3.63) is 35.4 Å². The van der Waals surface area contributed by atoms with Crippen LogP contribution in [0.15, 0.2) is 24.3 Å². The van der Waals surface area contributed by atoms with Crippen molar-refractivity contribution in [1.29, 1.82) is 0 Å². The SMILES string of the molecule is CCN(CCCCl)C(=O)Cc1ccccc1C. The maximum Gasteiger partial charge on any atom is 0.226 e. The van der Waals surface area contributed by atoms with E-state index in [9.17, 15) is 4.79 Å². The molecule has 0 heterocycles. The van der Waals surface area contributed by atoms with Gasteiger partial charge in [-0.2, -0.15) is 0 Å². The van der Waals surface area contributed by atoms with Crippen molar-refractivity contribution in [2.45, 2.75) is 26.7 Å². The summed E-state index contributed by atoms with van der Waals surface area (Å²) in [4.78, 5) is 14.0. The predicted molar refractivity (Wildman–Crippen MR) is 72.5 cm³/mol. The number of hydrogen-bond donors (Lipinski definition) is 0. The van der Waals surface area contributed by atoms with E-state index >= 15 is 0 Å². The molecule has 0 bridgehead atoms. The quantitative estimate of drug-likeness (QED) is 0.714. The van der Waals surface area contributed by atoms with Gasteiger partial charge in [0.2, 0.25) is 5.91 Å². The van der Waals surface area contributed by atoms with Gasteiger partial charge in [-0.3, -0.25) is 4.79 Å². The number of likely N-dealkylation sites (N-methyl/N-ethyl adjacent to an activating group) is 1. The molecule has 0 aliphatic rings. The Morgan fingerprint density at radius 2 is 2.06 bits per heavy atom. The van der Waals surface area contributed by atoms with Gasteiger partial charge >= 0.3 is 0 Å². The number of nitrogens with zero attached hydrogens (tertiary/aromatic N) is 1. The molecule has 94 valence electrons. The van der Waals surface area contributed by atoms with Crippen LogP contribution in [0.3, 0.4) is 0 Å². The van der Waals surface area contributed by atoms with Crippen molar-refractivity contribution in [1.82, 2.24) is 4.90 Å². The van der Waals surface area contributed by atoms with Crippen molar-refractivity contribution in [2.75, 3.05) is 19.0 Å². The van der Waals surface area contributed by atoms with Crippen LogP contribution >= 0.6 is 11.6 Å². The Morgan fingerprint density at radius 3 is 2.65 bits per heavy atom. The fourth-order valence-electron chi connectivity index (χ4n) is 1.79. The number of hydrogen-bond acceptors (Lipinski definition) is 1. The predicted octanol–water partition coefficient (Wildman–Crippen LogP) is 3.01. The second kappa shape index (κ2) is 7.33. The third kappa shape index (κ3) is 4.39. The first-order chi connectivity index (χ1) is 8.19. The molecule has 0 fully saturated rings. The van der Waals surface area contributed by atoms with E-state index in [1.165, 1.54) is 5.56 Å². The smallest absolute Gasteiger partial charge is 0.226 e. The summed E-state index contributed by atoms with van der Waals surface area (Å²) < 4.78 is 0. The highest BCUT2D eigenvalue weighted by Crippen LogP contribution is 2.09. The Balaban J connectivity index is 2.61. The van der Waals surface area contributed by atoms with E-state index in [4.69, 9.17) is 11.6 Å². The Hall–Kier alpha value is -1.02. The summed E-state index contributed by atoms with van der Waals surface area (Å²) in [6, 6.07) is 8.03. The van der Waals surface area contributed by atoms with Crippen molar-refractivity contribution in [3.8, 4) is 0 Å². The van der Waals surface area contributed by atoms with Gasteiger partial charge in [0.1, 0.15) is 0 Å². The van der Waals surface area contributed by atoms with Crippen LogP contribution in [0.4, 0.5) is 0 Å². The number of aryl methyl sites for hydroxylation is 1. The van der Waals surface area contributed by atoms with Crippen molar-refractivity contribution < 1.29 is 4.79 Å². The van der Waals surface area contributed by atoms with Gasteiger partial charge in [0.15, 0.2) is 0 Å². The van der Waals surface area contributed by atoms with Gasteiger partial charge in [0.25, 0.3) is 0 Å². The van der Waals surface area contributed by atoms with E-state index in [1.54, 1.807) is 0 Å². The second-order valence-corrected chi connectivity index (χ2v) is 4.50. The molecule has 0 atom stereocenters. The molecule has 0 spiro atoms. The van der Waals surface area contributed by atoms with E-state index in [-0.39, 0.29) is 5.91 Å². The number of carbonyl (C=O) groups is 1. The molecular formula is C14H20ClNO. The van der Waals surface area contributed by atoms with E-state index in [1.807, 2.05) is 43.0 Å². The van der Waals surface area contributed by atoms with Crippen LogP contribution in [0, 0.1) is 6.92 Å². The number of rotatable bonds is 6. The second-order valence-electron chi connectivity index (χ2n) is 4.12. The first kappa shape index (κ1) is 14.0. The van der Waals surface area contributed by atoms with Crippen LogP contribution in [0.1, 0.15) is 24.5 Å². The zero-order valence-electron chi connectivity index (χ0n) is 10.6. The summed E-state index contributed by atoms with van der Waals surface area (Å²) in [5, 5.41) is 0. The number of carbonyl (C=O) groups excluding carboxylic acids is 1. The van der Waals surface area contributed by atoms with Gasteiger partial charge in [0, 0.05) is 19.0 Å². The zero-order chi connectivity index (χ0) is 12.7. The molecule has 17 heavy (non-hydrogen) atoms. The Bertz CT molecular complexity index is 365. The maximum atomic E-state index is 12.1. The summed E-state index contributed by atoms with van der Waals surface area (Å²) in [5.41, 5.74) is 2.29. The minimum absolute atomic E-state index is 0.187. The molecule has 0 unspecified atom stereocenters. The Kier molecular flexibility index (Phi) is 6.06. The van der Waals surface area contributed by atoms with Crippen LogP contribution in [0.25, 0.3) is 0 Å². The maximum absolute atomic E-state index is 12.1. The lowest BCUT2D eigenvalue weighted by molar-refractivity contribution is -0.130. The standard InChI is InChI=1S/C14H20ClNO/c1-3-16(10-6-9-15)14(17)11-13-8-5-4-7-12(13)2/h4-5,7-8H,3,6,9-11H2,1-2H3. The van der Waals surface area contributed by atoms with Gasteiger partial charge < -0.3 is 4.90 Å². The largest absolute Gasteiger partial charge is 0.343 e. The average molecular weight is 254 g/mol. The van der Waals surface area contributed by atoms with Crippen LogP contribution in [-0.2, 0) is 11.2 Å². The molecule has 0 saturated carbocycles. The molecule has 1 aromatic rings. The highest BCUT2D eigenvalue weighted by Gasteiger charge is 2.12. The van der Waals surface area contributed by atoms with Gasteiger partial charge in [-0.25, -0.2) is 0 Å². The molecule has 1 amide bonds. The summed E-state index contributed by atoms with van der Waals surface area (Å²) in [5.74, 6) is 0.792. The molecule has 0 N–H and O–H groups in total. The molecule has 0 saturated heterocycles. The molecule has 0 aliphatic heterocycles. The zero-order valence-corrected chi connectivity index (χ0v) is 11.3. The molecule has 1 rings (SSSR count). The minimum Gasteiger partial charge on any atom is -0.343 e. The highest BCUT2D eigenvalue weighted by molar-refractivity contribution is 6.17. The number of amides is 1. The monoisotopic (exact) mass is 253 g/mol. The van der Waals surface area contributed by atoms with Gasteiger partial charge in [0.05, 0.1) is 6.42 Å². The molecule has 3 heteroatoms. The van der Waals surface area contributed by atoms with Crippen LogP contribution < -0.4 is 0 Å². The van der Waals surface area contributed by atoms with Gasteiger partial charge in [-0.05, 0) is 31.4 Å². The third-order valence-electron chi connectivity index (χ3n) is 2.90. The van der Waals surface area contributed by atoms with Crippen LogP contribution in [0.5, 0.6) is 0 Å². The lowest BCUT2D eigenvalue weighted by atomic mass is 10.1. The molecule has 1 aromatic carbocycles. The number of halogens is 1. The van der Waals surface area contributed by atoms with E-state index < -0.39 is 0 Å². The third-order valence-corrected chi connectivity index (χ3v) is 3.17. The number of benzene rings is 1. The first-order valence-electron chi connectivity index (χ1n) is 6.07. The van der Waals surface area contributed by atoms with Crippen molar-refractivity contribution >= 4 is 17.5 Å². The lowest BCUT2D eigenvalue weighted by Crippen LogP contribution is -2.33. The summed E-state index contributed by atoms with van der Waals surface area (Å²) in [6.07, 6.45) is 1.34. The van der Waals surface area contributed by atoms with Crippen LogP contribution in [-0.4, -0.2) is 29.8 Å². The summed E-state index contributed by atoms with van der Waals surface area (Å²) in [7, 11) is 0. The van der Waals surface area contributed by atoms with Gasteiger partial charge in [-0.15, -0.1) is 11.6 Å². The molecule has 0 aliphatic carbocycles. The Labute approximate surface area is 109 Å². The van der Waals surface area contributed by atoms with E-state index in [0.29, 0.717) is 12.3 Å². The number of alkyl halides is 1. The summed E-state index contributed by atoms with van der Waals surface area (Å²) in [6.45, 7) is 5.55. The van der Waals surface area contributed by atoms with E-state index in [2.05, 4.69) is 0 Å². The van der Waals surface area contributed by atoms with Crippen molar-refractivity contribution in [3.63, 3.8) is 0 Å². The highest BCUT2D eigenvalue weighted by atomic mass is 35.5. The summed E-state index contributed by atoms with van der Waals surface area (Å²) >= 11 is 5.65. The van der Waals surface area contributed by atoms with E-state index in [0.717, 1.165) is 25.1 Å². The average Bonchev–Trinajstić information content (AvgIpc) is 2.33. The fraction of sp³-hybridized carbons (Fsp3) is 0.500. The lowest BCUT2D eigenvalue weighted by Gasteiger charge is -2.20. The molecule has 2 nitrogen and oxygen atoms in total.